The van der Waals surface area contributed by atoms with Crippen LogP contribution in [0.2, 0.25) is 0 Å². The van der Waals surface area contributed by atoms with Crippen molar-refractivity contribution < 1.29 is 4.39 Å². The zero-order valence-electron chi connectivity index (χ0n) is 12.6. The molecule has 0 aromatic heterocycles. The number of nitrogens with zero attached hydrogens (tertiary/aromatic N) is 1. The molecule has 2 unspecified atom stereocenters. The van der Waals surface area contributed by atoms with E-state index in [0.29, 0.717) is 0 Å². The number of nitrogens with one attached hydrogen (secondary N) is 1. The van der Waals surface area contributed by atoms with Crippen molar-refractivity contribution in [2.75, 3.05) is 19.6 Å². The summed E-state index contributed by atoms with van der Waals surface area (Å²) in [5, 5.41) is 3.63. The lowest BCUT2D eigenvalue weighted by Gasteiger charge is -2.38. The quantitative estimate of drug-likeness (QED) is 0.878. The Balaban J connectivity index is 1.60. The highest BCUT2D eigenvalue weighted by Gasteiger charge is 2.30. The fourth-order valence-corrected chi connectivity index (χ4v) is 4.19. The molecule has 0 aliphatic carbocycles. The predicted octanol–water partition coefficient (Wildman–Crippen LogP) is 4.11. The molecule has 0 radical (unpaired) electrons. The second kappa shape index (κ2) is 6.76. The fourth-order valence-electron chi connectivity index (χ4n) is 3.86. The minimum atomic E-state index is -0.101. The first-order valence-electron chi connectivity index (χ1n) is 8.07. The summed E-state index contributed by atoms with van der Waals surface area (Å²) in [5.74, 6) is 0.710. The van der Waals surface area contributed by atoms with Gasteiger partial charge in [-0.3, -0.25) is 4.90 Å². The maximum Gasteiger partial charge on any atom is 0.129 e. The second-order valence-corrected chi connectivity index (χ2v) is 7.33. The average molecular weight is 355 g/mol. The third-order valence-corrected chi connectivity index (χ3v) is 5.70. The number of piperidine rings is 1. The van der Waals surface area contributed by atoms with Gasteiger partial charge in [-0.2, -0.15) is 0 Å². The molecule has 0 bridgehead atoms. The molecule has 21 heavy (non-hydrogen) atoms. The third-order valence-electron chi connectivity index (χ3n) is 5.20. The van der Waals surface area contributed by atoms with Gasteiger partial charge in [-0.25, -0.2) is 4.39 Å². The van der Waals surface area contributed by atoms with Crippen molar-refractivity contribution in [1.82, 2.24) is 10.2 Å². The highest BCUT2D eigenvalue weighted by molar-refractivity contribution is 9.10. The van der Waals surface area contributed by atoms with Gasteiger partial charge in [0.1, 0.15) is 5.82 Å². The Labute approximate surface area is 135 Å². The maximum atomic E-state index is 14.1. The molecule has 1 aromatic rings. The van der Waals surface area contributed by atoms with E-state index in [1.54, 1.807) is 6.07 Å². The summed E-state index contributed by atoms with van der Waals surface area (Å²) in [6.45, 7) is 5.48. The van der Waals surface area contributed by atoms with Gasteiger partial charge >= 0.3 is 0 Å². The Morgan fingerprint density at radius 1 is 1.29 bits per heavy atom. The molecule has 1 N–H and O–H groups in total. The van der Waals surface area contributed by atoms with Crippen LogP contribution in [0.5, 0.6) is 0 Å². The lowest BCUT2D eigenvalue weighted by atomic mass is 9.87. The predicted molar refractivity (Wildman–Crippen MR) is 87.8 cm³/mol. The molecule has 3 rings (SSSR count). The van der Waals surface area contributed by atoms with E-state index in [4.69, 9.17) is 0 Å². The Morgan fingerprint density at radius 2 is 2.05 bits per heavy atom. The van der Waals surface area contributed by atoms with Crippen LogP contribution in [0.3, 0.4) is 0 Å². The molecule has 0 saturated carbocycles. The number of benzene rings is 1. The summed E-state index contributed by atoms with van der Waals surface area (Å²) in [7, 11) is 0. The number of hydrogen-bond acceptors (Lipinski definition) is 2. The van der Waals surface area contributed by atoms with Crippen molar-refractivity contribution in [3.05, 3.63) is 34.1 Å². The molecule has 2 aliphatic heterocycles. The van der Waals surface area contributed by atoms with Crippen molar-refractivity contribution in [1.29, 1.82) is 0 Å². The lowest BCUT2D eigenvalue weighted by molar-refractivity contribution is 0.125. The molecule has 2 aliphatic rings. The molecule has 2 fully saturated rings. The molecule has 116 valence electrons. The maximum absolute atomic E-state index is 14.1. The molecule has 2 saturated heterocycles. The topological polar surface area (TPSA) is 15.3 Å². The van der Waals surface area contributed by atoms with Crippen molar-refractivity contribution >= 4 is 15.9 Å². The van der Waals surface area contributed by atoms with Crippen LogP contribution in [0.15, 0.2) is 22.7 Å². The van der Waals surface area contributed by atoms with Crippen LogP contribution in [0.1, 0.15) is 44.2 Å². The zero-order chi connectivity index (χ0) is 14.8. The van der Waals surface area contributed by atoms with E-state index >= 15 is 0 Å². The number of likely N-dealkylation sites (tertiary alicyclic amines) is 1. The number of halogens is 2. The highest BCUT2D eigenvalue weighted by atomic mass is 79.9. The number of hydrogen-bond donors (Lipinski definition) is 1. The Hall–Kier alpha value is -0.450. The van der Waals surface area contributed by atoms with Gasteiger partial charge < -0.3 is 5.32 Å². The third kappa shape index (κ3) is 3.49. The summed E-state index contributed by atoms with van der Waals surface area (Å²) in [5.41, 5.74) is 0.815. The first kappa shape index (κ1) is 15.4. The standard InChI is InChI=1S/C17H24BrFN2/c1-12(15-5-4-14(18)11-16(15)19)21-9-6-13(7-10-21)17-3-2-8-20-17/h4-5,11-13,17,20H,2-3,6-10H2,1H3. The van der Waals surface area contributed by atoms with Gasteiger partial charge in [-0.15, -0.1) is 0 Å². The molecule has 1 aromatic carbocycles. The minimum absolute atomic E-state index is 0.101. The van der Waals surface area contributed by atoms with E-state index in [0.717, 1.165) is 35.1 Å². The largest absolute Gasteiger partial charge is 0.314 e. The van der Waals surface area contributed by atoms with E-state index in [2.05, 4.69) is 33.1 Å². The van der Waals surface area contributed by atoms with Gasteiger partial charge in [0.25, 0.3) is 0 Å². The summed E-state index contributed by atoms with van der Waals surface area (Å²) in [4.78, 5) is 2.43. The smallest absolute Gasteiger partial charge is 0.129 e. The first-order valence-corrected chi connectivity index (χ1v) is 8.87. The Morgan fingerprint density at radius 3 is 2.67 bits per heavy atom. The van der Waals surface area contributed by atoms with Crippen molar-refractivity contribution in [3.8, 4) is 0 Å². The van der Waals surface area contributed by atoms with Gasteiger partial charge in [0.05, 0.1) is 0 Å². The monoisotopic (exact) mass is 354 g/mol. The van der Waals surface area contributed by atoms with Crippen LogP contribution in [0.4, 0.5) is 4.39 Å². The minimum Gasteiger partial charge on any atom is -0.314 e. The average Bonchev–Trinajstić information content (AvgIpc) is 3.01. The normalized spacial score (nSPS) is 26.1. The molecule has 2 nitrogen and oxygen atoms in total. The molecule has 2 heterocycles. The van der Waals surface area contributed by atoms with Gasteiger partial charge in [-0.1, -0.05) is 22.0 Å². The molecule has 4 heteroatoms. The number of rotatable bonds is 3. The van der Waals surface area contributed by atoms with E-state index in [-0.39, 0.29) is 11.9 Å². The highest BCUT2D eigenvalue weighted by Crippen LogP contribution is 2.31. The summed E-state index contributed by atoms with van der Waals surface area (Å²) < 4.78 is 14.9. The van der Waals surface area contributed by atoms with Crippen LogP contribution < -0.4 is 5.32 Å². The van der Waals surface area contributed by atoms with E-state index < -0.39 is 0 Å². The molecule has 2 atom stereocenters. The van der Waals surface area contributed by atoms with Gasteiger partial charge in [-0.05, 0) is 70.3 Å². The van der Waals surface area contributed by atoms with Crippen LogP contribution in [-0.2, 0) is 0 Å². The molecular weight excluding hydrogens is 331 g/mol. The van der Waals surface area contributed by atoms with Crippen molar-refractivity contribution in [3.63, 3.8) is 0 Å². The summed E-state index contributed by atoms with van der Waals surface area (Å²) in [6, 6.07) is 6.31. The zero-order valence-corrected chi connectivity index (χ0v) is 14.2. The second-order valence-electron chi connectivity index (χ2n) is 6.42. The van der Waals surface area contributed by atoms with Crippen molar-refractivity contribution in [2.24, 2.45) is 5.92 Å². The van der Waals surface area contributed by atoms with Gasteiger partial charge in [0, 0.05) is 22.1 Å². The van der Waals surface area contributed by atoms with E-state index in [1.165, 1.54) is 32.2 Å². The van der Waals surface area contributed by atoms with Gasteiger partial charge in [0.2, 0.25) is 0 Å². The molecule has 0 amide bonds. The molecular formula is C17H24BrFN2. The van der Waals surface area contributed by atoms with Crippen LogP contribution in [-0.4, -0.2) is 30.6 Å². The Bertz CT molecular complexity index is 480. The summed E-state index contributed by atoms with van der Waals surface area (Å²) >= 11 is 3.33. The lowest BCUT2D eigenvalue weighted by Crippen LogP contribution is -2.41. The van der Waals surface area contributed by atoms with E-state index in [1.807, 2.05) is 12.1 Å². The Kier molecular flexibility index (Phi) is 4.97. The molecule has 0 spiro atoms. The van der Waals surface area contributed by atoms with Crippen molar-refractivity contribution in [2.45, 2.75) is 44.7 Å². The van der Waals surface area contributed by atoms with Crippen LogP contribution in [0.25, 0.3) is 0 Å². The van der Waals surface area contributed by atoms with Gasteiger partial charge in [0.15, 0.2) is 0 Å². The SMILES string of the molecule is CC(c1ccc(Br)cc1F)N1CCC(C2CCCN2)CC1. The summed E-state index contributed by atoms with van der Waals surface area (Å²) in [6.07, 6.45) is 5.13. The van der Waals surface area contributed by atoms with Crippen LogP contribution >= 0.6 is 15.9 Å². The van der Waals surface area contributed by atoms with Crippen LogP contribution in [0, 0.1) is 11.7 Å². The fraction of sp³-hybridized carbons (Fsp3) is 0.647. The van der Waals surface area contributed by atoms with E-state index in [9.17, 15) is 4.39 Å². The first-order chi connectivity index (χ1) is 10.1.